The molecule has 0 aliphatic carbocycles. The summed E-state index contributed by atoms with van der Waals surface area (Å²) in [4.78, 5) is 10.4. The Morgan fingerprint density at radius 1 is 1.24 bits per heavy atom. The standard InChI is InChI=1S/C14H14ClN3O3/c15-10-1-6-14(18(19)20)13(9-10)17-7-8-21-12-4-2-11(16)3-5-12/h1-6,9,17H,7-8,16H2. The predicted molar refractivity (Wildman–Crippen MR) is 82.9 cm³/mol. The van der Waals surface area contributed by atoms with Crippen molar-refractivity contribution in [1.29, 1.82) is 0 Å². The van der Waals surface area contributed by atoms with Crippen molar-refractivity contribution in [2.45, 2.75) is 0 Å². The molecule has 0 aliphatic rings. The number of anilines is 2. The Balaban J connectivity index is 1.90. The van der Waals surface area contributed by atoms with Gasteiger partial charge in [0.2, 0.25) is 0 Å². The fraction of sp³-hybridized carbons (Fsp3) is 0.143. The highest BCUT2D eigenvalue weighted by Gasteiger charge is 2.13. The van der Waals surface area contributed by atoms with Crippen LogP contribution in [0.3, 0.4) is 0 Å². The number of nitrogens with zero attached hydrogens (tertiary/aromatic N) is 1. The number of benzene rings is 2. The molecule has 2 rings (SSSR count). The van der Waals surface area contributed by atoms with Gasteiger partial charge in [-0.3, -0.25) is 10.1 Å². The van der Waals surface area contributed by atoms with Gasteiger partial charge >= 0.3 is 0 Å². The van der Waals surface area contributed by atoms with Crippen LogP contribution in [0.1, 0.15) is 0 Å². The molecule has 0 radical (unpaired) electrons. The van der Waals surface area contributed by atoms with Crippen LogP contribution >= 0.6 is 11.6 Å². The summed E-state index contributed by atoms with van der Waals surface area (Å²) in [5.41, 5.74) is 6.58. The van der Waals surface area contributed by atoms with Crippen molar-refractivity contribution >= 4 is 28.7 Å². The van der Waals surface area contributed by atoms with Crippen LogP contribution < -0.4 is 15.8 Å². The van der Waals surface area contributed by atoms with E-state index in [9.17, 15) is 10.1 Å². The van der Waals surface area contributed by atoms with Gasteiger partial charge in [0.1, 0.15) is 18.0 Å². The van der Waals surface area contributed by atoms with Gasteiger partial charge in [-0.25, -0.2) is 0 Å². The van der Waals surface area contributed by atoms with Crippen molar-refractivity contribution in [3.8, 4) is 5.75 Å². The highest BCUT2D eigenvalue weighted by atomic mass is 35.5. The minimum Gasteiger partial charge on any atom is -0.492 e. The summed E-state index contributed by atoms with van der Waals surface area (Å²) in [7, 11) is 0. The van der Waals surface area contributed by atoms with Crippen LogP contribution in [0.25, 0.3) is 0 Å². The van der Waals surface area contributed by atoms with Crippen LogP contribution in [0.4, 0.5) is 17.1 Å². The van der Waals surface area contributed by atoms with Crippen LogP contribution in [0.2, 0.25) is 5.02 Å². The fourth-order valence-electron chi connectivity index (χ4n) is 1.73. The number of nitrogens with one attached hydrogen (secondary N) is 1. The topological polar surface area (TPSA) is 90.4 Å². The van der Waals surface area contributed by atoms with Crippen LogP contribution in [0, 0.1) is 10.1 Å². The number of hydrogen-bond donors (Lipinski definition) is 2. The van der Waals surface area contributed by atoms with Gasteiger partial charge in [-0.05, 0) is 36.4 Å². The van der Waals surface area contributed by atoms with E-state index in [1.807, 2.05) is 0 Å². The van der Waals surface area contributed by atoms with E-state index in [-0.39, 0.29) is 5.69 Å². The van der Waals surface area contributed by atoms with Gasteiger partial charge in [0.15, 0.2) is 0 Å². The maximum Gasteiger partial charge on any atom is 0.292 e. The minimum atomic E-state index is -0.459. The molecule has 110 valence electrons. The zero-order valence-corrected chi connectivity index (χ0v) is 11.8. The Labute approximate surface area is 126 Å². The van der Waals surface area contributed by atoms with E-state index in [2.05, 4.69) is 5.32 Å². The van der Waals surface area contributed by atoms with Gasteiger partial charge in [-0.15, -0.1) is 0 Å². The second-order valence-electron chi connectivity index (χ2n) is 4.26. The van der Waals surface area contributed by atoms with Crippen LogP contribution in [-0.4, -0.2) is 18.1 Å². The molecule has 21 heavy (non-hydrogen) atoms. The Bertz CT molecular complexity index is 632. The summed E-state index contributed by atoms with van der Waals surface area (Å²) < 4.78 is 5.49. The first-order valence-electron chi connectivity index (χ1n) is 6.22. The third kappa shape index (κ3) is 4.25. The smallest absolute Gasteiger partial charge is 0.292 e. The largest absolute Gasteiger partial charge is 0.492 e. The summed E-state index contributed by atoms with van der Waals surface area (Å²) in [6.07, 6.45) is 0. The lowest BCUT2D eigenvalue weighted by Gasteiger charge is -2.09. The van der Waals surface area contributed by atoms with Crippen molar-refractivity contribution < 1.29 is 9.66 Å². The molecule has 0 fully saturated rings. The Kier molecular flexibility index (Phi) is 4.84. The summed E-state index contributed by atoms with van der Waals surface area (Å²) in [5.74, 6) is 0.687. The van der Waals surface area contributed by atoms with Gasteiger partial charge in [-0.1, -0.05) is 11.6 Å². The molecular formula is C14H14ClN3O3. The number of nitrogen functional groups attached to an aromatic ring is 1. The second-order valence-corrected chi connectivity index (χ2v) is 4.70. The van der Waals surface area contributed by atoms with E-state index in [1.54, 1.807) is 24.3 Å². The Hall–Kier alpha value is -2.47. The first-order chi connectivity index (χ1) is 10.1. The average Bonchev–Trinajstić information content (AvgIpc) is 2.45. The number of ether oxygens (including phenoxy) is 1. The van der Waals surface area contributed by atoms with E-state index < -0.39 is 4.92 Å². The lowest BCUT2D eigenvalue weighted by Crippen LogP contribution is -2.12. The molecule has 0 atom stereocenters. The molecule has 6 nitrogen and oxygen atoms in total. The first kappa shape index (κ1) is 14.9. The molecule has 0 aliphatic heterocycles. The summed E-state index contributed by atoms with van der Waals surface area (Å²) >= 11 is 5.84. The number of nitro groups is 1. The van der Waals surface area contributed by atoms with Crippen LogP contribution in [0.5, 0.6) is 5.75 Å². The van der Waals surface area contributed by atoms with Crippen molar-refractivity contribution in [1.82, 2.24) is 0 Å². The molecule has 0 heterocycles. The molecule has 2 aromatic rings. The molecule has 7 heteroatoms. The van der Waals surface area contributed by atoms with Crippen molar-refractivity contribution in [2.75, 3.05) is 24.2 Å². The average molecular weight is 308 g/mol. The lowest BCUT2D eigenvalue weighted by molar-refractivity contribution is -0.384. The molecule has 0 bridgehead atoms. The third-order valence-electron chi connectivity index (χ3n) is 2.72. The Morgan fingerprint density at radius 2 is 1.95 bits per heavy atom. The number of halogens is 1. The van der Waals surface area contributed by atoms with Gasteiger partial charge < -0.3 is 15.8 Å². The zero-order valence-electron chi connectivity index (χ0n) is 11.1. The SMILES string of the molecule is Nc1ccc(OCCNc2cc(Cl)ccc2[N+](=O)[O-])cc1. The second kappa shape index (κ2) is 6.81. The number of nitrogens with two attached hydrogens (primary N) is 1. The third-order valence-corrected chi connectivity index (χ3v) is 2.96. The normalized spacial score (nSPS) is 10.1. The molecule has 0 amide bonds. The fourth-order valence-corrected chi connectivity index (χ4v) is 1.90. The molecular weight excluding hydrogens is 294 g/mol. The molecule has 0 spiro atoms. The number of hydrogen-bond acceptors (Lipinski definition) is 5. The molecule has 3 N–H and O–H groups in total. The maximum absolute atomic E-state index is 10.9. The summed E-state index contributed by atoms with van der Waals surface area (Å²) in [6.45, 7) is 0.763. The first-order valence-corrected chi connectivity index (χ1v) is 6.60. The molecule has 0 aromatic heterocycles. The maximum atomic E-state index is 10.9. The van der Waals surface area contributed by atoms with Gasteiger partial charge in [0.25, 0.3) is 5.69 Å². The molecule has 0 saturated heterocycles. The lowest BCUT2D eigenvalue weighted by atomic mass is 10.2. The van der Waals surface area contributed by atoms with E-state index in [4.69, 9.17) is 22.1 Å². The van der Waals surface area contributed by atoms with Gasteiger partial charge in [0.05, 0.1) is 4.92 Å². The van der Waals surface area contributed by atoms with E-state index in [0.29, 0.717) is 35.3 Å². The van der Waals surface area contributed by atoms with Gasteiger partial charge in [-0.2, -0.15) is 0 Å². The van der Waals surface area contributed by atoms with E-state index in [0.717, 1.165) is 0 Å². The summed E-state index contributed by atoms with van der Waals surface area (Å²) in [6, 6.07) is 11.4. The monoisotopic (exact) mass is 307 g/mol. The zero-order chi connectivity index (χ0) is 15.2. The van der Waals surface area contributed by atoms with Crippen molar-refractivity contribution in [2.24, 2.45) is 0 Å². The van der Waals surface area contributed by atoms with E-state index in [1.165, 1.54) is 18.2 Å². The highest BCUT2D eigenvalue weighted by Crippen LogP contribution is 2.27. The molecule has 0 saturated carbocycles. The quantitative estimate of drug-likeness (QED) is 0.370. The minimum absolute atomic E-state index is 0.0214. The number of rotatable bonds is 6. The highest BCUT2D eigenvalue weighted by molar-refractivity contribution is 6.31. The van der Waals surface area contributed by atoms with Crippen LogP contribution in [-0.2, 0) is 0 Å². The number of nitro benzene ring substituents is 1. The van der Waals surface area contributed by atoms with E-state index >= 15 is 0 Å². The molecule has 2 aromatic carbocycles. The Morgan fingerprint density at radius 3 is 2.62 bits per heavy atom. The predicted octanol–water partition coefficient (Wildman–Crippen LogP) is 3.32. The molecule has 0 unspecified atom stereocenters. The van der Waals surface area contributed by atoms with Crippen molar-refractivity contribution in [3.63, 3.8) is 0 Å². The van der Waals surface area contributed by atoms with Crippen LogP contribution in [0.15, 0.2) is 42.5 Å². The summed E-state index contributed by atoms with van der Waals surface area (Å²) in [5, 5.41) is 14.3. The van der Waals surface area contributed by atoms with Crippen molar-refractivity contribution in [3.05, 3.63) is 57.6 Å². The van der Waals surface area contributed by atoms with Gasteiger partial charge in [0, 0.05) is 23.3 Å².